The summed E-state index contributed by atoms with van der Waals surface area (Å²) in [5, 5.41) is 8.80. The van der Waals surface area contributed by atoms with Crippen LogP contribution in [0.2, 0.25) is 0 Å². The van der Waals surface area contributed by atoms with Crippen molar-refractivity contribution in [1.82, 2.24) is 14.7 Å². The van der Waals surface area contributed by atoms with Gasteiger partial charge < -0.3 is 19.8 Å². The number of carbonyl (C=O) groups is 2. The Balaban J connectivity index is 2.58. The third-order valence-electron chi connectivity index (χ3n) is 3.36. The second-order valence-electron chi connectivity index (χ2n) is 4.81. The van der Waals surface area contributed by atoms with Gasteiger partial charge in [0.1, 0.15) is 0 Å². The number of nitrogens with zero attached hydrogens (tertiary/aromatic N) is 3. The van der Waals surface area contributed by atoms with Crippen molar-refractivity contribution >= 4 is 12.0 Å². The van der Waals surface area contributed by atoms with Gasteiger partial charge in [-0.25, -0.2) is 4.79 Å². The summed E-state index contributed by atoms with van der Waals surface area (Å²) in [6.07, 6.45) is -0.00662. The van der Waals surface area contributed by atoms with E-state index >= 15 is 0 Å². The van der Waals surface area contributed by atoms with E-state index in [1.165, 1.54) is 0 Å². The summed E-state index contributed by atoms with van der Waals surface area (Å²) < 4.78 is 0. The van der Waals surface area contributed by atoms with E-state index in [2.05, 4.69) is 4.90 Å². The van der Waals surface area contributed by atoms with Crippen molar-refractivity contribution in [2.24, 2.45) is 0 Å². The molecule has 0 aromatic rings. The normalized spacial score (nSPS) is 18.5. The first-order chi connectivity index (χ1) is 8.45. The lowest BCUT2D eigenvalue weighted by atomic mass is 10.2. The van der Waals surface area contributed by atoms with Gasteiger partial charge in [-0.1, -0.05) is 0 Å². The van der Waals surface area contributed by atoms with Crippen LogP contribution in [0, 0.1) is 0 Å². The fourth-order valence-electron chi connectivity index (χ4n) is 2.18. The number of likely N-dealkylation sites (N-methyl/N-ethyl adjacent to an activating group) is 1. The highest BCUT2D eigenvalue weighted by molar-refractivity contribution is 5.76. The molecular formula is C12H23N3O3. The largest absolute Gasteiger partial charge is 0.481 e. The lowest BCUT2D eigenvalue weighted by Crippen LogP contribution is -2.54. The second-order valence-corrected chi connectivity index (χ2v) is 4.81. The van der Waals surface area contributed by atoms with Gasteiger partial charge in [0.05, 0.1) is 6.42 Å². The van der Waals surface area contributed by atoms with Crippen LogP contribution in [0.5, 0.6) is 0 Å². The summed E-state index contributed by atoms with van der Waals surface area (Å²) in [6, 6.07) is -0.306. The number of amides is 2. The Labute approximate surface area is 108 Å². The molecule has 0 bridgehead atoms. The molecule has 1 fully saturated rings. The van der Waals surface area contributed by atoms with Crippen molar-refractivity contribution in [2.75, 3.05) is 39.8 Å². The fraction of sp³-hybridized carbons (Fsp3) is 0.833. The molecule has 0 spiro atoms. The third kappa shape index (κ3) is 3.87. The monoisotopic (exact) mass is 257 g/mol. The molecule has 0 radical (unpaired) electrons. The van der Waals surface area contributed by atoms with Gasteiger partial charge in [0.15, 0.2) is 0 Å². The Hall–Kier alpha value is -1.30. The zero-order valence-electron chi connectivity index (χ0n) is 11.4. The molecule has 1 saturated heterocycles. The van der Waals surface area contributed by atoms with Gasteiger partial charge in [0, 0.05) is 38.8 Å². The van der Waals surface area contributed by atoms with Crippen molar-refractivity contribution < 1.29 is 14.7 Å². The molecule has 0 aromatic heterocycles. The Kier molecular flexibility index (Phi) is 5.40. The summed E-state index contributed by atoms with van der Waals surface area (Å²) in [6.45, 7) is 7.38. The highest BCUT2D eigenvalue weighted by Gasteiger charge is 2.27. The highest BCUT2D eigenvalue weighted by Crippen LogP contribution is 2.10. The lowest BCUT2D eigenvalue weighted by molar-refractivity contribution is -0.138. The molecule has 0 aliphatic carbocycles. The minimum absolute atomic E-state index is 0.00662. The zero-order chi connectivity index (χ0) is 13.7. The second kappa shape index (κ2) is 6.58. The highest BCUT2D eigenvalue weighted by atomic mass is 16.4. The van der Waals surface area contributed by atoms with Gasteiger partial charge in [-0.2, -0.15) is 0 Å². The molecule has 104 valence electrons. The number of urea groups is 1. The third-order valence-corrected chi connectivity index (χ3v) is 3.36. The molecule has 0 saturated carbocycles. The first-order valence-electron chi connectivity index (χ1n) is 6.41. The molecule has 2 amide bonds. The number of carboxylic acids is 1. The maximum Gasteiger partial charge on any atom is 0.320 e. The average molecular weight is 257 g/mol. The van der Waals surface area contributed by atoms with E-state index in [1.54, 1.807) is 11.8 Å². The Morgan fingerprint density at radius 3 is 2.28 bits per heavy atom. The van der Waals surface area contributed by atoms with Gasteiger partial charge in [-0.15, -0.1) is 0 Å². The van der Waals surface area contributed by atoms with E-state index in [0.717, 1.165) is 13.1 Å². The molecule has 1 rings (SSSR count). The quantitative estimate of drug-likeness (QED) is 0.798. The van der Waals surface area contributed by atoms with Crippen LogP contribution in [-0.4, -0.2) is 77.6 Å². The average Bonchev–Trinajstić information content (AvgIpc) is 2.29. The molecule has 1 atom stereocenters. The summed E-state index contributed by atoms with van der Waals surface area (Å²) in [7, 11) is 2.03. The molecule has 0 aromatic carbocycles. The van der Waals surface area contributed by atoms with E-state index in [0.29, 0.717) is 19.6 Å². The van der Waals surface area contributed by atoms with Gasteiger partial charge in [0.2, 0.25) is 0 Å². The van der Waals surface area contributed by atoms with Crippen LogP contribution < -0.4 is 0 Å². The summed E-state index contributed by atoms with van der Waals surface area (Å²) >= 11 is 0. The molecule has 1 N–H and O–H groups in total. The fourth-order valence-corrected chi connectivity index (χ4v) is 2.18. The van der Waals surface area contributed by atoms with E-state index < -0.39 is 5.97 Å². The predicted octanol–water partition coefficient (Wildman–Crippen LogP) is 0.539. The molecular weight excluding hydrogens is 234 g/mol. The molecule has 6 heteroatoms. The van der Waals surface area contributed by atoms with Crippen molar-refractivity contribution in [3.8, 4) is 0 Å². The van der Waals surface area contributed by atoms with Crippen LogP contribution in [0.3, 0.4) is 0 Å². The molecule has 1 aliphatic heterocycles. The first-order valence-corrected chi connectivity index (χ1v) is 6.41. The maximum absolute atomic E-state index is 12.3. The van der Waals surface area contributed by atoms with Crippen molar-refractivity contribution in [3.05, 3.63) is 0 Å². The standard InChI is InChI=1S/C12H23N3O3/c1-4-15(10(2)9-11(16)17)12(18)14-7-5-13(3)6-8-14/h10H,4-9H2,1-3H3,(H,16,17). The van der Waals surface area contributed by atoms with Crippen molar-refractivity contribution in [2.45, 2.75) is 26.3 Å². The SMILES string of the molecule is CCN(C(=O)N1CCN(C)CC1)C(C)CC(=O)O. The van der Waals surface area contributed by atoms with E-state index in [-0.39, 0.29) is 18.5 Å². The van der Waals surface area contributed by atoms with Gasteiger partial charge in [-0.05, 0) is 20.9 Å². The van der Waals surface area contributed by atoms with E-state index in [4.69, 9.17) is 5.11 Å². The molecule has 1 unspecified atom stereocenters. The molecule has 1 aliphatic rings. The number of hydrogen-bond donors (Lipinski definition) is 1. The van der Waals surface area contributed by atoms with Crippen LogP contribution in [0.1, 0.15) is 20.3 Å². The summed E-state index contributed by atoms with van der Waals surface area (Å²) in [4.78, 5) is 28.6. The number of aliphatic carboxylic acids is 1. The Morgan fingerprint density at radius 2 is 1.83 bits per heavy atom. The number of rotatable bonds is 4. The van der Waals surface area contributed by atoms with Crippen LogP contribution in [0.25, 0.3) is 0 Å². The van der Waals surface area contributed by atoms with Gasteiger partial charge in [0.25, 0.3) is 0 Å². The van der Waals surface area contributed by atoms with Gasteiger partial charge >= 0.3 is 12.0 Å². The number of carbonyl (C=O) groups excluding carboxylic acids is 1. The van der Waals surface area contributed by atoms with E-state index in [9.17, 15) is 9.59 Å². The van der Waals surface area contributed by atoms with Crippen LogP contribution in [-0.2, 0) is 4.79 Å². The summed E-state index contributed by atoms with van der Waals surface area (Å²) in [5.41, 5.74) is 0. The predicted molar refractivity (Wildman–Crippen MR) is 68.6 cm³/mol. The Bertz CT molecular complexity index is 301. The number of hydrogen-bond acceptors (Lipinski definition) is 3. The van der Waals surface area contributed by atoms with Crippen LogP contribution in [0.15, 0.2) is 0 Å². The number of piperazine rings is 1. The van der Waals surface area contributed by atoms with Gasteiger partial charge in [-0.3, -0.25) is 4.79 Å². The molecule has 18 heavy (non-hydrogen) atoms. The summed E-state index contributed by atoms with van der Waals surface area (Å²) in [5.74, 6) is -0.868. The molecule has 6 nitrogen and oxygen atoms in total. The van der Waals surface area contributed by atoms with Crippen molar-refractivity contribution in [3.63, 3.8) is 0 Å². The first kappa shape index (κ1) is 14.8. The zero-order valence-corrected chi connectivity index (χ0v) is 11.4. The van der Waals surface area contributed by atoms with Crippen LogP contribution >= 0.6 is 0 Å². The Morgan fingerprint density at radius 1 is 1.28 bits per heavy atom. The lowest BCUT2D eigenvalue weighted by Gasteiger charge is -2.37. The smallest absolute Gasteiger partial charge is 0.320 e. The minimum atomic E-state index is -0.868. The van der Waals surface area contributed by atoms with Crippen LogP contribution in [0.4, 0.5) is 4.79 Å². The van der Waals surface area contributed by atoms with Crippen molar-refractivity contribution in [1.29, 1.82) is 0 Å². The molecule has 1 heterocycles. The van der Waals surface area contributed by atoms with E-state index in [1.807, 2.05) is 18.9 Å². The number of carboxylic acid groups (broad SMARTS) is 1. The minimum Gasteiger partial charge on any atom is -0.481 e. The topological polar surface area (TPSA) is 64.1 Å². The maximum atomic E-state index is 12.3.